The maximum absolute atomic E-state index is 12.4. The van der Waals surface area contributed by atoms with Crippen LogP contribution < -0.4 is 0 Å². The van der Waals surface area contributed by atoms with E-state index in [1.165, 1.54) is 12.1 Å². The smallest absolute Gasteiger partial charge is 0.379 e. The molecule has 3 rings (SSSR count). The molecule has 1 aliphatic heterocycles. The van der Waals surface area contributed by atoms with Gasteiger partial charge in [0.05, 0.1) is 34.4 Å². The van der Waals surface area contributed by atoms with Gasteiger partial charge >= 0.3 is 12.1 Å². The van der Waals surface area contributed by atoms with Crippen LogP contribution in [0.25, 0.3) is 0 Å². The first kappa shape index (κ1) is 18.5. The van der Waals surface area contributed by atoms with Crippen LogP contribution in [0.3, 0.4) is 0 Å². The molecular formula is C15H14F3N3O4S. The number of ether oxygens (including phenoxy) is 1. The van der Waals surface area contributed by atoms with E-state index in [1.807, 2.05) is 0 Å². The molecular weight excluding hydrogens is 375 g/mol. The van der Waals surface area contributed by atoms with Crippen molar-refractivity contribution in [2.45, 2.75) is 12.6 Å². The van der Waals surface area contributed by atoms with Crippen LogP contribution in [0.15, 0.2) is 33.2 Å². The van der Waals surface area contributed by atoms with Crippen molar-refractivity contribution in [2.75, 3.05) is 24.7 Å². The zero-order valence-electron chi connectivity index (χ0n) is 13.4. The zero-order chi connectivity index (χ0) is 18.8. The van der Waals surface area contributed by atoms with Gasteiger partial charge in [-0.15, -0.1) is 0 Å². The average molecular weight is 389 g/mol. The predicted molar refractivity (Wildman–Crippen MR) is 84.0 cm³/mol. The number of hydrogen-bond acceptors (Lipinski definition) is 6. The van der Waals surface area contributed by atoms with Crippen LogP contribution in [0.5, 0.6) is 0 Å². The number of benzene rings is 1. The molecule has 2 aromatic rings. The van der Waals surface area contributed by atoms with Crippen LogP contribution in [0.4, 0.5) is 13.2 Å². The highest BCUT2D eigenvalue weighted by Crippen LogP contribution is 2.27. The minimum atomic E-state index is -4.69. The summed E-state index contributed by atoms with van der Waals surface area (Å²) in [5, 5.41) is 3.28. The fraction of sp³-hybridized carbons (Fsp3) is 0.400. The molecule has 0 aliphatic carbocycles. The molecule has 0 radical (unpaired) electrons. The Kier molecular flexibility index (Phi) is 5.10. The van der Waals surface area contributed by atoms with Crippen molar-refractivity contribution in [2.24, 2.45) is 4.36 Å². The molecule has 1 fully saturated rings. The topological polar surface area (TPSA) is 94.7 Å². The quantitative estimate of drug-likeness (QED) is 0.800. The second kappa shape index (κ2) is 7.16. The van der Waals surface area contributed by atoms with Gasteiger partial charge in [0.1, 0.15) is 0 Å². The summed E-state index contributed by atoms with van der Waals surface area (Å²) in [5.74, 6) is -1.68. The molecule has 0 unspecified atom stereocenters. The van der Waals surface area contributed by atoms with Crippen LogP contribution in [-0.4, -0.2) is 45.0 Å². The van der Waals surface area contributed by atoms with Crippen molar-refractivity contribution in [3.05, 3.63) is 47.1 Å². The van der Waals surface area contributed by atoms with E-state index in [4.69, 9.17) is 4.74 Å². The summed E-state index contributed by atoms with van der Waals surface area (Å²) < 4.78 is 62.8. The molecule has 1 amide bonds. The molecule has 0 N–H and O–H groups in total. The van der Waals surface area contributed by atoms with E-state index in [1.54, 1.807) is 12.1 Å². The zero-order valence-corrected chi connectivity index (χ0v) is 14.2. The van der Waals surface area contributed by atoms with Gasteiger partial charge in [-0.1, -0.05) is 17.3 Å². The molecule has 7 nitrogen and oxygen atoms in total. The van der Waals surface area contributed by atoms with E-state index in [0.29, 0.717) is 18.8 Å². The highest BCUT2D eigenvalue weighted by Gasteiger charge is 2.38. The summed E-state index contributed by atoms with van der Waals surface area (Å²) in [7, 11) is -2.60. The largest absolute Gasteiger partial charge is 0.471 e. The van der Waals surface area contributed by atoms with Crippen LogP contribution >= 0.6 is 0 Å². The summed E-state index contributed by atoms with van der Waals surface area (Å²) in [5.41, 5.74) is 0.832. The van der Waals surface area contributed by atoms with Gasteiger partial charge in [-0.25, -0.2) is 4.21 Å². The van der Waals surface area contributed by atoms with Crippen molar-refractivity contribution in [1.82, 2.24) is 10.1 Å². The van der Waals surface area contributed by atoms with E-state index in [2.05, 4.69) is 19.0 Å². The normalized spacial score (nSPS) is 17.0. The van der Waals surface area contributed by atoms with Gasteiger partial charge in [-0.05, 0) is 17.7 Å². The lowest BCUT2D eigenvalue weighted by Gasteiger charge is -2.15. The summed E-state index contributed by atoms with van der Waals surface area (Å²) >= 11 is 0. The Balaban J connectivity index is 1.70. The number of rotatable bonds is 3. The first-order valence-electron chi connectivity index (χ1n) is 7.58. The number of aromatic nitrogens is 2. The van der Waals surface area contributed by atoms with Gasteiger partial charge in [0.25, 0.3) is 5.91 Å². The Morgan fingerprint density at radius 3 is 2.42 bits per heavy atom. The highest BCUT2D eigenvalue weighted by atomic mass is 32.2. The number of amides is 1. The van der Waals surface area contributed by atoms with Gasteiger partial charge in [0, 0.05) is 12.0 Å². The molecule has 0 saturated carbocycles. The third-order valence-corrected chi connectivity index (χ3v) is 5.72. The molecule has 0 bridgehead atoms. The lowest BCUT2D eigenvalue weighted by molar-refractivity contribution is -0.159. The van der Waals surface area contributed by atoms with Crippen LogP contribution in [-0.2, 0) is 27.1 Å². The molecule has 0 atom stereocenters. The van der Waals surface area contributed by atoms with Crippen molar-refractivity contribution < 1.29 is 31.4 Å². The summed E-state index contributed by atoms with van der Waals surface area (Å²) in [6.45, 7) is 0.609. The van der Waals surface area contributed by atoms with E-state index in [0.717, 1.165) is 0 Å². The SMILES string of the molecule is O=C(N=S1(=O)CCOCC1)c1ccc(Cc2noc(C(F)(F)F)n2)cc1. The lowest BCUT2D eigenvalue weighted by Crippen LogP contribution is -2.26. The van der Waals surface area contributed by atoms with Gasteiger partial charge in [-0.3, -0.25) is 4.79 Å². The Morgan fingerprint density at radius 2 is 1.85 bits per heavy atom. The van der Waals surface area contributed by atoms with Gasteiger partial charge < -0.3 is 9.26 Å². The fourth-order valence-electron chi connectivity index (χ4n) is 2.27. The summed E-state index contributed by atoms with van der Waals surface area (Å²) in [4.78, 5) is 15.4. The molecule has 0 spiro atoms. The first-order valence-corrected chi connectivity index (χ1v) is 9.44. The average Bonchev–Trinajstić information content (AvgIpc) is 3.04. The molecule has 1 aliphatic rings. The number of halogens is 3. The maximum Gasteiger partial charge on any atom is 0.471 e. The van der Waals surface area contributed by atoms with E-state index < -0.39 is 27.7 Å². The molecule has 140 valence electrons. The van der Waals surface area contributed by atoms with Crippen molar-refractivity contribution in [1.29, 1.82) is 0 Å². The van der Waals surface area contributed by atoms with E-state index in [9.17, 15) is 22.2 Å². The monoisotopic (exact) mass is 389 g/mol. The third kappa shape index (κ3) is 4.47. The number of alkyl halides is 3. The Morgan fingerprint density at radius 1 is 1.19 bits per heavy atom. The van der Waals surface area contributed by atoms with Gasteiger partial charge in [-0.2, -0.15) is 22.5 Å². The minimum absolute atomic E-state index is 0.0132. The van der Waals surface area contributed by atoms with Crippen LogP contribution in [0.2, 0.25) is 0 Å². The standard InChI is InChI=1S/C15H14F3N3O4S/c16-15(17,18)14-19-12(20-25-14)9-10-1-3-11(4-2-10)13(22)21-26(23)7-5-24-6-8-26/h1-4H,5-9H2. The lowest BCUT2D eigenvalue weighted by atomic mass is 10.1. The molecule has 11 heteroatoms. The Labute approximate surface area is 146 Å². The predicted octanol–water partition coefficient (Wildman–Crippen LogP) is 2.32. The number of hydrogen-bond donors (Lipinski definition) is 0. The van der Waals surface area contributed by atoms with Crippen molar-refractivity contribution in [3.8, 4) is 0 Å². The second-order valence-electron chi connectivity index (χ2n) is 5.58. The second-order valence-corrected chi connectivity index (χ2v) is 8.12. The summed E-state index contributed by atoms with van der Waals surface area (Å²) in [6.07, 6.45) is -4.68. The Hall–Kier alpha value is -2.27. The number of carbonyl (C=O) groups excluding carboxylic acids is 1. The number of nitrogens with zero attached hydrogens (tertiary/aromatic N) is 3. The molecule has 26 heavy (non-hydrogen) atoms. The molecule has 2 heterocycles. The number of carbonyl (C=O) groups is 1. The van der Waals surface area contributed by atoms with E-state index >= 15 is 0 Å². The summed E-state index contributed by atoms with van der Waals surface area (Å²) in [6, 6.07) is 6.02. The first-order chi connectivity index (χ1) is 12.3. The highest BCUT2D eigenvalue weighted by molar-refractivity contribution is 7.94. The maximum atomic E-state index is 12.4. The molecule has 1 saturated heterocycles. The molecule has 1 aromatic heterocycles. The minimum Gasteiger partial charge on any atom is -0.379 e. The van der Waals surface area contributed by atoms with Crippen molar-refractivity contribution in [3.63, 3.8) is 0 Å². The van der Waals surface area contributed by atoms with Crippen LogP contribution in [0.1, 0.15) is 27.6 Å². The van der Waals surface area contributed by atoms with E-state index in [-0.39, 0.29) is 29.3 Å². The molecule has 1 aromatic carbocycles. The third-order valence-electron chi connectivity index (χ3n) is 3.62. The van der Waals surface area contributed by atoms with Gasteiger partial charge in [0.2, 0.25) is 0 Å². The van der Waals surface area contributed by atoms with Gasteiger partial charge in [0.15, 0.2) is 5.82 Å². The van der Waals surface area contributed by atoms with Crippen molar-refractivity contribution >= 4 is 15.6 Å². The Bertz CT molecular complexity index is 903. The fourth-order valence-corrected chi connectivity index (χ4v) is 3.82. The van der Waals surface area contributed by atoms with Crippen LogP contribution in [0, 0.1) is 0 Å².